The quantitative estimate of drug-likeness (QED) is 0.179. The smallest absolute Gasteiger partial charge is 0.333 e. The maximum Gasteiger partial charge on any atom is 0.333 e. The first-order chi connectivity index (χ1) is 10.9. The van der Waals surface area contributed by atoms with Crippen LogP contribution in [0.2, 0.25) is 0 Å². The molecule has 0 aliphatic heterocycles. The Balaban J connectivity index is 5.30. The number of hydrogen-bond acceptors (Lipinski definition) is 5. The van der Waals surface area contributed by atoms with Crippen LogP contribution >= 0.6 is 0 Å². The Morgan fingerprint density at radius 1 is 0.800 bits per heavy atom. The second kappa shape index (κ2) is 8.54. The van der Waals surface area contributed by atoms with Crippen molar-refractivity contribution in [2.24, 2.45) is 0 Å². The lowest BCUT2D eigenvalue weighted by atomic mass is 10.3. The van der Waals surface area contributed by atoms with Crippen LogP contribution in [0.1, 0.15) is 13.3 Å². The molecule has 0 saturated carbocycles. The van der Waals surface area contributed by atoms with E-state index in [2.05, 4.69) is 6.58 Å². The molecule has 0 aliphatic rings. The summed E-state index contributed by atoms with van der Waals surface area (Å²) in [6.45, 7) is 5.72. The molecule has 0 rings (SSSR count). The number of carbonyl (C=O) groups is 1. The number of ether oxygens (including phenoxy) is 1. The van der Waals surface area contributed by atoms with Gasteiger partial charge < -0.3 is 4.74 Å². The predicted molar refractivity (Wildman–Crippen MR) is 92.9 cm³/mol. The van der Waals surface area contributed by atoms with E-state index >= 15 is 0 Å². The van der Waals surface area contributed by atoms with E-state index in [0.29, 0.717) is 18.5 Å². The molecule has 0 aromatic carbocycles. The third kappa shape index (κ3) is 12.0. The highest BCUT2D eigenvalue weighted by atomic mass is 17.3. The lowest BCUT2D eigenvalue weighted by molar-refractivity contribution is -1.61. The molecule has 0 atom stereocenters. The van der Waals surface area contributed by atoms with Crippen LogP contribution in [0, 0.1) is 0 Å². The zero-order chi connectivity index (χ0) is 20.1. The Morgan fingerprint density at radius 3 is 1.44 bits per heavy atom. The minimum atomic E-state index is -0.513. The lowest BCUT2D eigenvalue weighted by Crippen LogP contribution is -2.65. The number of quaternary nitrogens is 4. The van der Waals surface area contributed by atoms with Gasteiger partial charge in [-0.05, 0) is 6.92 Å². The Kier molecular flexibility index (Phi) is 8.18. The van der Waals surface area contributed by atoms with E-state index in [0.717, 1.165) is 0 Å². The van der Waals surface area contributed by atoms with Crippen LogP contribution in [0.4, 0.5) is 0 Å². The van der Waals surface area contributed by atoms with Gasteiger partial charge in [0, 0.05) is 12.0 Å². The second-order valence-electron chi connectivity index (χ2n) is 8.52. The monoisotopic (exact) mass is 366 g/mol. The topological polar surface area (TPSA) is 54.0 Å². The molecule has 0 heterocycles. The van der Waals surface area contributed by atoms with Crippen molar-refractivity contribution in [2.45, 2.75) is 13.3 Å². The molecule has 0 aliphatic carbocycles. The SMILES string of the molecule is C=C(C)C(=O)OCCC[N+](O[N+](C)(C)C)(O[N+](C)(C)C)O[N+](C)(C)C. The Morgan fingerprint density at radius 2 is 1.16 bits per heavy atom. The van der Waals surface area contributed by atoms with E-state index in [1.165, 1.54) is 0 Å². The number of rotatable bonds is 11. The molecule has 0 N–H and O–H groups in total. The van der Waals surface area contributed by atoms with Crippen molar-refractivity contribution in [3.05, 3.63) is 12.2 Å². The van der Waals surface area contributed by atoms with Crippen molar-refractivity contribution in [2.75, 3.05) is 76.6 Å². The fraction of sp³-hybridized carbons (Fsp3) is 0.812. The van der Waals surface area contributed by atoms with Crippen LogP contribution in [0.3, 0.4) is 0 Å². The molecule has 25 heavy (non-hydrogen) atoms. The molecule has 0 spiro atoms. The third-order valence-electron chi connectivity index (χ3n) is 2.27. The van der Waals surface area contributed by atoms with Crippen molar-refractivity contribution in [1.82, 2.24) is 0 Å². The van der Waals surface area contributed by atoms with Gasteiger partial charge in [-0.3, -0.25) is 0 Å². The van der Waals surface area contributed by atoms with Gasteiger partial charge in [-0.2, -0.15) is 0 Å². The average molecular weight is 367 g/mol. The highest BCUT2D eigenvalue weighted by molar-refractivity contribution is 5.86. The summed E-state index contributed by atoms with van der Waals surface area (Å²) in [7, 11) is 16.8. The molecule has 9 heteroatoms. The standard InChI is InChI=1S/C16H38N4O5/c1-15(2)16(21)22-14-12-13-20(23-17(3,4)5,24-18(6,7)8)25-19(9,10)11/h1,12-14H2,2-11H3/q+4. The van der Waals surface area contributed by atoms with Crippen LogP contribution in [0.25, 0.3) is 0 Å². The van der Waals surface area contributed by atoms with E-state index in [-0.39, 0.29) is 20.5 Å². The summed E-state index contributed by atoms with van der Waals surface area (Å²) in [6.07, 6.45) is 0.485. The molecule has 0 aromatic heterocycles. The summed E-state index contributed by atoms with van der Waals surface area (Å²) in [6, 6.07) is 0. The van der Waals surface area contributed by atoms with Gasteiger partial charge in [0.2, 0.25) is 0 Å². The molecular weight excluding hydrogens is 328 g/mol. The first kappa shape index (κ1) is 23.9. The maximum atomic E-state index is 11.5. The molecular formula is C16H38N4O5+4. The van der Waals surface area contributed by atoms with E-state index in [1.807, 2.05) is 63.4 Å². The van der Waals surface area contributed by atoms with Crippen molar-refractivity contribution in [3.63, 3.8) is 0 Å². The molecule has 9 nitrogen and oxygen atoms in total. The number of hydroxylamine groups is 12. The summed E-state index contributed by atoms with van der Waals surface area (Å²) in [5.41, 5.74) is 0.369. The Hall–Kier alpha value is -1.07. The molecule has 0 radical (unpaired) electrons. The summed E-state index contributed by atoms with van der Waals surface area (Å²) >= 11 is 0. The number of carbonyl (C=O) groups excluding carboxylic acids is 1. The van der Waals surface area contributed by atoms with Gasteiger partial charge in [0.05, 0.1) is 21.4 Å². The number of hydrogen-bond donors (Lipinski definition) is 0. The van der Waals surface area contributed by atoms with Crippen LogP contribution in [0.15, 0.2) is 12.2 Å². The molecule has 0 fully saturated rings. The van der Waals surface area contributed by atoms with Gasteiger partial charge in [0.15, 0.2) is 6.54 Å². The Labute approximate surface area is 152 Å². The van der Waals surface area contributed by atoms with E-state index < -0.39 is 10.9 Å². The zero-order valence-electron chi connectivity index (χ0n) is 17.7. The van der Waals surface area contributed by atoms with Crippen LogP contribution in [-0.2, 0) is 24.3 Å². The molecule has 148 valence electrons. The van der Waals surface area contributed by atoms with Gasteiger partial charge in [0.1, 0.15) is 63.4 Å². The largest absolute Gasteiger partial charge is 0.462 e. The van der Waals surface area contributed by atoms with Crippen LogP contribution < -0.4 is 0 Å². The van der Waals surface area contributed by atoms with Crippen molar-refractivity contribution in [3.8, 4) is 0 Å². The van der Waals surface area contributed by atoms with E-state index in [9.17, 15) is 4.79 Å². The average Bonchev–Trinajstić information content (AvgIpc) is 2.27. The summed E-state index contributed by atoms with van der Waals surface area (Å²) in [4.78, 5) is 29.2. The minimum absolute atomic E-state index is 0.158. The van der Waals surface area contributed by atoms with Crippen LogP contribution in [0.5, 0.6) is 0 Å². The third-order valence-corrected chi connectivity index (χ3v) is 2.27. The fourth-order valence-corrected chi connectivity index (χ4v) is 1.83. The Bertz CT molecular complexity index is 420. The summed E-state index contributed by atoms with van der Waals surface area (Å²) in [5, 5.41) is 0. The lowest BCUT2D eigenvalue weighted by Gasteiger charge is -2.35. The predicted octanol–water partition coefficient (Wildman–Crippen LogP) is 0.971. The maximum absolute atomic E-state index is 11.5. The first-order valence-corrected chi connectivity index (χ1v) is 8.24. The van der Waals surface area contributed by atoms with Crippen molar-refractivity contribution >= 4 is 5.97 Å². The molecule has 0 unspecified atom stereocenters. The van der Waals surface area contributed by atoms with Crippen molar-refractivity contribution in [1.29, 1.82) is 0 Å². The molecule has 0 amide bonds. The van der Waals surface area contributed by atoms with Gasteiger partial charge in [-0.1, -0.05) is 6.58 Å². The van der Waals surface area contributed by atoms with E-state index in [4.69, 9.17) is 19.6 Å². The highest BCUT2D eigenvalue weighted by Gasteiger charge is 2.54. The van der Waals surface area contributed by atoms with Crippen molar-refractivity contribution < 1.29 is 43.3 Å². The van der Waals surface area contributed by atoms with E-state index in [1.54, 1.807) is 6.92 Å². The zero-order valence-corrected chi connectivity index (χ0v) is 17.7. The normalized spacial score (nSPS) is 13.7. The first-order valence-electron chi connectivity index (χ1n) is 8.24. The number of esters is 1. The summed E-state index contributed by atoms with van der Waals surface area (Å²) < 4.78 is 5.63. The van der Waals surface area contributed by atoms with Gasteiger partial charge >= 0.3 is 5.97 Å². The molecule has 0 saturated heterocycles. The van der Waals surface area contributed by atoms with Gasteiger partial charge in [0.25, 0.3) is 4.97 Å². The minimum Gasteiger partial charge on any atom is -0.462 e. The number of nitrogens with zero attached hydrogens (tertiary/aromatic N) is 4. The summed E-state index contributed by atoms with van der Waals surface area (Å²) in [5.74, 6) is -0.411. The molecule has 0 bridgehead atoms. The fourth-order valence-electron chi connectivity index (χ4n) is 1.83. The van der Waals surface area contributed by atoms with Gasteiger partial charge in [-0.15, -0.1) is 13.9 Å². The highest BCUT2D eigenvalue weighted by Crippen LogP contribution is 2.22. The molecule has 0 aromatic rings. The second-order valence-corrected chi connectivity index (χ2v) is 8.52. The van der Waals surface area contributed by atoms with Gasteiger partial charge in [-0.25, -0.2) is 4.79 Å². The van der Waals surface area contributed by atoms with Crippen LogP contribution in [-0.4, -0.2) is 101 Å².